The van der Waals surface area contributed by atoms with Gasteiger partial charge in [0, 0.05) is 43.7 Å². The number of nitrogens with one attached hydrogen (secondary N) is 3. The molecule has 0 aliphatic heterocycles. The molecule has 156 valence electrons. The van der Waals surface area contributed by atoms with Crippen LogP contribution >= 0.6 is 0 Å². The first-order valence-corrected chi connectivity index (χ1v) is 9.63. The van der Waals surface area contributed by atoms with Crippen molar-refractivity contribution in [3.8, 4) is 17.1 Å². The van der Waals surface area contributed by atoms with E-state index < -0.39 is 0 Å². The van der Waals surface area contributed by atoms with E-state index in [1.165, 1.54) is 6.33 Å². The van der Waals surface area contributed by atoms with Crippen molar-refractivity contribution in [3.63, 3.8) is 0 Å². The first-order valence-electron chi connectivity index (χ1n) is 9.63. The lowest BCUT2D eigenvalue weighted by molar-refractivity contribution is 0.414. The maximum atomic E-state index is 7.28. The SMILES string of the molecule is CN/C=C(\N=N)c1ccc(CNc2cc(-c3cnc4cc(OC)ccn34)ncn2)cc1. The molecule has 0 radical (unpaired) electrons. The Balaban J connectivity index is 1.49. The predicted octanol–water partition coefficient (Wildman–Crippen LogP) is 3.96. The molecule has 0 amide bonds. The summed E-state index contributed by atoms with van der Waals surface area (Å²) in [6.07, 6.45) is 6.92. The van der Waals surface area contributed by atoms with Gasteiger partial charge in [0.2, 0.25) is 0 Å². The van der Waals surface area contributed by atoms with Crippen LogP contribution in [-0.2, 0) is 6.54 Å². The summed E-state index contributed by atoms with van der Waals surface area (Å²) >= 11 is 0. The summed E-state index contributed by atoms with van der Waals surface area (Å²) in [5.41, 5.74) is 12.2. The molecule has 9 heteroatoms. The van der Waals surface area contributed by atoms with Crippen LogP contribution in [0.1, 0.15) is 11.1 Å². The zero-order valence-electron chi connectivity index (χ0n) is 17.2. The number of aromatic nitrogens is 4. The zero-order valence-corrected chi connectivity index (χ0v) is 17.2. The van der Waals surface area contributed by atoms with Gasteiger partial charge in [-0.15, -0.1) is 0 Å². The fraction of sp³-hybridized carbons (Fsp3) is 0.136. The molecule has 31 heavy (non-hydrogen) atoms. The summed E-state index contributed by atoms with van der Waals surface area (Å²) in [6, 6.07) is 13.5. The first-order chi connectivity index (χ1) is 15.2. The second-order valence-electron chi connectivity index (χ2n) is 6.71. The van der Waals surface area contributed by atoms with E-state index in [4.69, 9.17) is 10.3 Å². The highest BCUT2D eigenvalue weighted by Crippen LogP contribution is 2.23. The third-order valence-corrected chi connectivity index (χ3v) is 4.77. The molecule has 0 spiro atoms. The van der Waals surface area contributed by atoms with Crippen LogP contribution in [0.25, 0.3) is 22.7 Å². The third kappa shape index (κ3) is 4.35. The van der Waals surface area contributed by atoms with E-state index >= 15 is 0 Å². The molecule has 4 aromatic rings. The molecular formula is C22H22N8O. The second kappa shape index (κ2) is 9.04. The predicted molar refractivity (Wildman–Crippen MR) is 119 cm³/mol. The number of rotatable bonds is 8. The zero-order chi connectivity index (χ0) is 21.6. The van der Waals surface area contributed by atoms with Crippen LogP contribution in [0.2, 0.25) is 0 Å². The number of methoxy groups -OCH3 is 1. The van der Waals surface area contributed by atoms with Gasteiger partial charge in [0.05, 0.1) is 24.7 Å². The van der Waals surface area contributed by atoms with Crippen LogP contribution in [-0.4, -0.2) is 33.5 Å². The molecule has 0 saturated carbocycles. The molecule has 0 atom stereocenters. The molecule has 0 fully saturated rings. The Bertz CT molecular complexity index is 1230. The van der Waals surface area contributed by atoms with Gasteiger partial charge >= 0.3 is 0 Å². The van der Waals surface area contributed by atoms with E-state index in [0.717, 1.165) is 39.7 Å². The highest BCUT2D eigenvalue weighted by atomic mass is 16.5. The molecule has 0 bridgehead atoms. The molecule has 0 unspecified atom stereocenters. The van der Waals surface area contributed by atoms with Crippen molar-refractivity contribution in [2.45, 2.75) is 6.54 Å². The minimum Gasteiger partial charge on any atom is -0.497 e. The van der Waals surface area contributed by atoms with E-state index in [-0.39, 0.29) is 0 Å². The van der Waals surface area contributed by atoms with E-state index in [2.05, 4.69) is 30.7 Å². The van der Waals surface area contributed by atoms with Gasteiger partial charge in [-0.3, -0.25) is 4.40 Å². The smallest absolute Gasteiger partial charge is 0.140 e. The topological polar surface area (TPSA) is 113 Å². The standard InChI is InChI=1S/C22H22N8O/c1-24-12-19(29-23)16-5-3-15(4-6-16)11-25-21-10-18(27-14-28-21)20-13-26-22-9-17(31-2)7-8-30(20)22/h3-10,12-14,23-24H,11H2,1-2H3,(H,25,27,28)/b19-12-,29-23?. The van der Waals surface area contributed by atoms with Gasteiger partial charge in [0.15, 0.2) is 0 Å². The summed E-state index contributed by atoms with van der Waals surface area (Å²) in [5.74, 6) is 1.47. The molecular weight excluding hydrogens is 392 g/mol. The summed E-state index contributed by atoms with van der Waals surface area (Å²) in [5, 5.41) is 9.77. The number of anilines is 1. The molecule has 3 heterocycles. The summed E-state index contributed by atoms with van der Waals surface area (Å²) < 4.78 is 7.22. The lowest BCUT2D eigenvalue weighted by Gasteiger charge is -2.08. The normalized spacial score (nSPS) is 11.4. The molecule has 0 aliphatic carbocycles. The van der Waals surface area contributed by atoms with Crippen molar-refractivity contribution >= 4 is 17.2 Å². The van der Waals surface area contributed by atoms with Crippen LogP contribution in [0.15, 0.2) is 72.5 Å². The Morgan fingerprint density at radius 1 is 1.16 bits per heavy atom. The van der Waals surface area contributed by atoms with Gasteiger partial charge in [-0.25, -0.2) is 20.5 Å². The van der Waals surface area contributed by atoms with Crippen molar-refractivity contribution in [2.24, 2.45) is 5.11 Å². The fourth-order valence-corrected chi connectivity index (χ4v) is 3.18. The molecule has 0 saturated heterocycles. The molecule has 4 rings (SSSR count). The number of imidazole rings is 1. The maximum Gasteiger partial charge on any atom is 0.140 e. The van der Waals surface area contributed by atoms with E-state index in [9.17, 15) is 0 Å². The summed E-state index contributed by atoms with van der Waals surface area (Å²) in [6.45, 7) is 0.601. The van der Waals surface area contributed by atoms with Crippen LogP contribution in [0.4, 0.5) is 5.82 Å². The summed E-state index contributed by atoms with van der Waals surface area (Å²) in [7, 11) is 3.41. The minimum atomic E-state index is 0.577. The van der Waals surface area contributed by atoms with Crippen LogP contribution < -0.4 is 15.4 Å². The molecule has 0 aliphatic rings. The van der Waals surface area contributed by atoms with Gasteiger partial charge in [0.25, 0.3) is 0 Å². The van der Waals surface area contributed by atoms with Gasteiger partial charge in [-0.2, -0.15) is 5.11 Å². The molecule has 9 nitrogen and oxygen atoms in total. The van der Waals surface area contributed by atoms with E-state index in [1.807, 2.05) is 53.1 Å². The number of fused-ring (bicyclic) bond motifs is 1. The number of benzene rings is 1. The lowest BCUT2D eigenvalue weighted by Crippen LogP contribution is -2.03. The largest absolute Gasteiger partial charge is 0.497 e. The van der Waals surface area contributed by atoms with Crippen LogP contribution in [0, 0.1) is 5.53 Å². The van der Waals surface area contributed by atoms with Gasteiger partial charge in [0.1, 0.15) is 29.2 Å². The molecule has 1 aromatic carbocycles. The summed E-state index contributed by atoms with van der Waals surface area (Å²) in [4.78, 5) is 13.2. The Morgan fingerprint density at radius 3 is 2.74 bits per heavy atom. The maximum absolute atomic E-state index is 7.28. The van der Waals surface area contributed by atoms with Crippen LogP contribution in [0.5, 0.6) is 5.75 Å². The number of ether oxygens (including phenoxy) is 1. The van der Waals surface area contributed by atoms with Crippen molar-refractivity contribution in [2.75, 3.05) is 19.5 Å². The van der Waals surface area contributed by atoms with Crippen LogP contribution in [0.3, 0.4) is 0 Å². The minimum absolute atomic E-state index is 0.577. The van der Waals surface area contributed by atoms with Crippen molar-refractivity contribution in [3.05, 3.63) is 78.5 Å². The van der Waals surface area contributed by atoms with Gasteiger partial charge < -0.3 is 15.4 Å². The molecule has 3 N–H and O–H groups in total. The number of hydrogen-bond acceptors (Lipinski definition) is 8. The van der Waals surface area contributed by atoms with Crippen molar-refractivity contribution in [1.29, 1.82) is 5.53 Å². The average Bonchev–Trinajstić information content (AvgIpc) is 3.25. The fourth-order valence-electron chi connectivity index (χ4n) is 3.18. The number of hydrogen-bond donors (Lipinski definition) is 3. The quantitative estimate of drug-likeness (QED) is 0.376. The Hall–Kier alpha value is -4.27. The average molecular weight is 414 g/mol. The third-order valence-electron chi connectivity index (χ3n) is 4.77. The van der Waals surface area contributed by atoms with Gasteiger partial charge in [-0.1, -0.05) is 24.3 Å². The van der Waals surface area contributed by atoms with Crippen molar-refractivity contribution in [1.82, 2.24) is 24.7 Å². The highest BCUT2D eigenvalue weighted by molar-refractivity contribution is 5.64. The number of nitrogens with zero attached hydrogens (tertiary/aromatic N) is 5. The monoisotopic (exact) mass is 414 g/mol. The second-order valence-corrected chi connectivity index (χ2v) is 6.71. The Kier molecular flexibility index (Phi) is 5.84. The Morgan fingerprint density at radius 2 is 2.00 bits per heavy atom. The first kappa shape index (κ1) is 20.0. The van der Waals surface area contributed by atoms with E-state index in [0.29, 0.717) is 12.2 Å². The van der Waals surface area contributed by atoms with Crippen molar-refractivity contribution < 1.29 is 4.74 Å². The number of pyridine rings is 1. The van der Waals surface area contributed by atoms with Gasteiger partial charge in [-0.05, 0) is 11.6 Å². The lowest BCUT2D eigenvalue weighted by atomic mass is 10.1. The highest BCUT2D eigenvalue weighted by Gasteiger charge is 2.09. The van der Waals surface area contributed by atoms with E-state index in [1.54, 1.807) is 26.6 Å². The Labute approximate surface area is 179 Å². The molecule has 3 aromatic heterocycles.